The highest BCUT2D eigenvalue weighted by molar-refractivity contribution is 5.18. The molecule has 1 aromatic carbocycles. The molecule has 0 amide bonds. The third-order valence-electron chi connectivity index (χ3n) is 3.52. The molecule has 0 fully saturated rings. The quantitative estimate of drug-likeness (QED) is 0.793. The zero-order valence-electron chi connectivity index (χ0n) is 12.1. The topological polar surface area (TPSA) is 21.1 Å². The first-order valence-corrected chi connectivity index (χ1v) is 6.86. The summed E-state index contributed by atoms with van der Waals surface area (Å²) < 4.78 is 1.86. The Morgan fingerprint density at radius 2 is 2.00 bits per heavy atom. The Kier molecular flexibility index (Phi) is 4.74. The molecule has 3 heteroatoms. The van der Waals surface area contributed by atoms with Gasteiger partial charge in [0.1, 0.15) is 0 Å². The van der Waals surface area contributed by atoms with Gasteiger partial charge in [-0.3, -0.25) is 4.68 Å². The van der Waals surface area contributed by atoms with E-state index in [0.29, 0.717) is 5.92 Å². The van der Waals surface area contributed by atoms with Gasteiger partial charge >= 0.3 is 0 Å². The van der Waals surface area contributed by atoms with Gasteiger partial charge in [0.2, 0.25) is 0 Å². The van der Waals surface area contributed by atoms with Crippen molar-refractivity contribution in [2.24, 2.45) is 7.05 Å². The van der Waals surface area contributed by atoms with Gasteiger partial charge < -0.3 is 4.90 Å². The normalized spacial score (nSPS) is 12.8. The van der Waals surface area contributed by atoms with E-state index in [4.69, 9.17) is 0 Å². The van der Waals surface area contributed by atoms with Crippen LogP contribution in [0.5, 0.6) is 0 Å². The maximum atomic E-state index is 4.20. The lowest BCUT2D eigenvalue weighted by Crippen LogP contribution is -2.20. The summed E-state index contributed by atoms with van der Waals surface area (Å²) in [6.07, 6.45) is 5.20. The van der Waals surface area contributed by atoms with Gasteiger partial charge in [0.25, 0.3) is 0 Å². The van der Waals surface area contributed by atoms with Gasteiger partial charge in [0.05, 0.1) is 6.20 Å². The smallest absolute Gasteiger partial charge is 0.0534 e. The number of benzene rings is 1. The Morgan fingerprint density at radius 1 is 1.26 bits per heavy atom. The molecule has 0 aliphatic heterocycles. The SMILES string of the molecule is C[C@@H](CCN(C)Cc1cnn(C)c1)c1ccccc1. The van der Waals surface area contributed by atoms with Crippen LogP contribution in [0.15, 0.2) is 42.7 Å². The highest BCUT2D eigenvalue weighted by Crippen LogP contribution is 2.18. The molecule has 1 aromatic heterocycles. The van der Waals surface area contributed by atoms with Crippen LogP contribution < -0.4 is 0 Å². The Hall–Kier alpha value is -1.61. The van der Waals surface area contributed by atoms with Crippen molar-refractivity contribution < 1.29 is 0 Å². The molecule has 2 aromatic rings. The highest BCUT2D eigenvalue weighted by Gasteiger charge is 2.07. The molecule has 0 aliphatic rings. The average molecular weight is 257 g/mol. The third kappa shape index (κ3) is 4.21. The Labute approximate surface area is 115 Å². The number of aryl methyl sites for hydroxylation is 1. The van der Waals surface area contributed by atoms with Crippen molar-refractivity contribution in [1.82, 2.24) is 14.7 Å². The Morgan fingerprint density at radius 3 is 2.63 bits per heavy atom. The second-order valence-electron chi connectivity index (χ2n) is 5.36. The first-order chi connectivity index (χ1) is 9.15. The minimum Gasteiger partial charge on any atom is -0.302 e. The molecule has 0 radical (unpaired) electrons. The summed E-state index contributed by atoms with van der Waals surface area (Å²) in [5, 5.41) is 4.20. The summed E-state index contributed by atoms with van der Waals surface area (Å²) in [6, 6.07) is 10.7. The van der Waals surface area contributed by atoms with E-state index in [1.807, 2.05) is 17.9 Å². The molecule has 1 atom stereocenters. The Bertz CT molecular complexity index is 490. The van der Waals surface area contributed by atoms with Crippen LogP contribution in [0, 0.1) is 0 Å². The lowest BCUT2D eigenvalue weighted by atomic mass is 9.98. The third-order valence-corrected chi connectivity index (χ3v) is 3.52. The molecular weight excluding hydrogens is 234 g/mol. The van der Waals surface area contributed by atoms with E-state index in [2.05, 4.69) is 60.5 Å². The Balaban J connectivity index is 1.79. The van der Waals surface area contributed by atoms with Crippen molar-refractivity contribution in [3.63, 3.8) is 0 Å². The van der Waals surface area contributed by atoms with Gasteiger partial charge in [0.15, 0.2) is 0 Å². The minimum atomic E-state index is 0.609. The van der Waals surface area contributed by atoms with Gasteiger partial charge in [0, 0.05) is 25.4 Å². The van der Waals surface area contributed by atoms with Crippen molar-refractivity contribution in [3.8, 4) is 0 Å². The fourth-order valence-electron chi connectivity index (χ4n) is 2.31. The van der Waals surface area contributed by atoms with E-state index < -0.39 is 0 Å². The second-order valence-corrected chi connectivity index (χ2v) is 5.36. The molecule has 0 N–H and O–H groups in total. The number of hydrogen-bond acceptors (Lipinski definition) is 2. The van der Waals surface area contributed by atoms with Gasteiger partial charge in [-0.2, -0.15) is 5.10 Å². The predicted molar refractivity (Wildman–Crippen MR) is 79.0 cm³/mol. The molecule has 19 heavy (non-hydrogen) atoms. The number of hydrogen-bond donors (Lipinski definition) is 0. The average Bonchev–Trinajstić information content (AvgIpc) is 2.82. The van der Waals surface area contributed by atoms with Gasteiger partial charge in [-0.15, -0.1) is 0 Å². The molecule has 0 unspecified atom stereocenters. The maximum Gasteiger partial charge on any atom is 0.0534 e. The van der Waals surface area contributed by atoms with Gasteiger partial charge in [-0.25, -0.2) is 0 Å². The molecular formula is C16H23N3. The van der Waals surface area contributed by atoms with Crippen LogP contribution in [-0.4, -0.2) is 28.3 Å². The maximum absolute atomic E-state index is 4.20. The summed E-state index contributed by atoms with van der Waals surface area (Å²) in [6.45, 7) is 4.37. The summed E-state index contributed by atoms with van der Waals surface area (Å²) >= 11 is 0. The molecule has 0 saturated carbocycles. The van der Waals surface area contributed by atoms with Crippen LogP contribution in [0.4, 0.5) is 0 Å². The summed E-state index contributed by atoms with van der Waals surface area (Å²) in [5.41, 5.74) is 2.70. The highest BCUT2D eigenvalue weighted by atomic mass is 15.2. The molecule has 0 saturated heterocycles. The van der Waals surface area contributed by atoms with Crippen LogP contribution in [0.3, 0.4) is 0 Å². The second kappa shape index (κ2) is 6.53. The van der Waals surface area contributed by atoms with E-state index in [-0.39, 0.29) is 0 Å². The number of rotatable bonds is 6. The minimum absolute atomic E-state index is 0.609. The first kappa shape index (κ1) is 13.8. The van der Waals surface area contributed by atoms with Crippen molar-refractivity contribution >= 4 is 0 Å². The monoisotopic (exact) mass is 257 g/mol. The summed E-state index contributed by atoms with van der Waals surface area (Å²) in [7, 11) is 4.13. The lowest BCUT2D eigenvalue weighted by molar-refractivity contribution is 0.313. The van der Waals surface area contributed by atoms with Crippen molar-refractivity contribution in [3.05, 3.63) is 53.9 Å². The zero-order valence-corrected chi connectivity index (χ0v) is 12.1. The molecule has 0 aliphatic carbocycles. The van der Waals surface area contributed by atoms with E-state index in [0.717, 1.165) is 13.1 Å². The van der Waals surface area contributed by atoms with E-state index in [1.165, 1.54) is 17.5 Å². The van der Waals surface area contributed by atoms with E-state index in [1.54, 1.807) is 0 Å². The molecule has 102 valence electrons. The summed E-state index contributed by atoms with van der Waals surface area (Å²) in [4.78, 5) is 2.36. The molecule has 0 spiro atoms. The van der Waals surface area contributed by atoms with Crippen LogP contribution in [0.25, 0.3) is 0 Å². The van der Waals surface area contributed by atoms with Crippen LogP contribution >= 0.6 is 0 Å². The number of aromatic nitrogens is 2. The molecule has 3 nitrogen and oxygen atoms in total. The molecule has 0 bridgehead atoms. The van der Waals surface area contributed by atoms with Crippen molar-refractivity contribution in [2.45, 2.75) is 25.8 Å². The van der Waals surface area contributed by atoms with Crippen LogP contribution in [0.1, 0.15) is 30.4 Å². The number of nitrogens with zero attached hydrogens (tertiary/aromatic N) is 3. The van der Waals surface area contributed by atoms with Crippen LogP contribution in [-0.2, 0) is 13.6 Å². The van der Waals surface area contributed by atoms with Crippen LogP contribution in [0.2, 0.25) is 0 Å². The van der Waals surface area contributed by atoms with Gasteiger partial charge in [-0.05, 0) is 31.5 Å². The predicted octanol–water partition coefficient (Wildman–Crippen LogP) is 3.05. The lowest BCUT2D eigenvalue weighted by Gasteiger charge is -2.19. The largest absolute Gasteiger partial charge is 0.302 e. The van der Waals surface area contributed by atoms with Crippen molar-refractivity contribution in [1.29, 1.82) is 0 Å². The van der Waals surface area contributed by atoms with E-state index >= 15 is 0 Å². The van der Waals surface area contributed by atoms with Crippen molar-refractivity contribution in [2.75, 3.05) is 13.6 Å². The summed E-state index contributed by atoms with van der Waals surface area (Å²) in [5.74, 6) is 0.609. The molecule has 2 rings (SSSR count). The molecule has 1 heterocycles. The van der Waals surface area contributed by atoms with Gasteiger partial charge in [-0.1, -0.05) is 37.3 Å². The fraction of sp³-hybridized carbons (Fsp3) is 0.438. The fourth-order valence-corrected chi connectivity index (χ4v) is 2.31. The van der Waals surface area contributed by atoms with E-state index in [9.17, 15) is 0 Å². The first-order valence-electron chi connectivity index (χ1n) is 6.86. The standard InChI is InChI=1S/C16H23N3/c1-14(16-7-5-4-6-8-16)9-10-18(2)12-15-11-17-19(3)13-15/h4-8,11,13-14H,9-10,12H2,1-3H3/t14-/m0/s1. The zero-order chi connectivity index (χ0) is 13.7.